The van der Waals surface area contributed by atoms with Gasteiger partial charge in [0.05, 0.1) is 19.8 Å². The maximum absolute atomic E-state index is 12.8. The van der Waals surface area contributed by atoms with Gasteiger partial charge in [0, 0.05) is 11.1 Å². The van der Waals surface area contributed by atoms with Crippen LogP contribution >= 0.6 is 0 Å². The Hall–Kier alpha value is -2.55. The van der Waals surface area contributed by atoms with Gasteiger partial charge in [-0.1, -0.05) is 37.3 Å². The standard InChI is InChI=1S/C19H20O3/c1-4-14(13-15-9-5-7-11-17(15)21-2)19(20)16-10-6-8-12-18(16)22-3/h5-13H,4H2,1-3H3. The molecular weight excluding hydrogens is 276 g/mol. The summed E-state index contributed by atoms with van der Waals surface area (Å²) in [6, 6.07) is 14.9. The molecule has 0 aliphatic heterocycles. The van der Waals surface area contributed by atoms with Crippen molar-refractivity contribution in [2.24, 2.45) is 0 Å². The van der Waals surface area contributed by atoms with Gasteiger partial charge in [0.15, 0.2) is 5.78 Å². The zero-order valence-electron chi connectivity index (χ0n) is 13.1. The van der Waals surface area contributed by atoms with Crippen LogP contribution in [-0.4, -0.2) is 20.0 Å². The van der Waals surface area contributed by atoms with E-state index in [1.807, 2.05) is 49.4 Å². The second kappa shape index (κ2) is 7.46. The van der Waals surface area contributed by atoms with Crippen molar-refractivity contribution in [2.75, 3.05) is 14.2 Å². The summed E-state index contributed by atoms with van der Waals surface area (Å²) in [4.78, 5) is 12.8. The Kier molecular flexibility index (Phi) is 5.37. The monoisotopic (exact) mass is 296 g/mol. The molecule has 0 N–H and O–H groups in total. The molecule has 0 fully saturated rings. The van der Waals surface area contributed by atoms with Gasteiger partial charge in [-0.2, -0.15) is 0 Å². The minimum Gasteiger partial charge on any atom is -0.496 e. The Morgan fingerprint density at radius 1 is 0.955 bits per heavy atom. The number of allylic oxidation sites excluding steroid dienone is 1. The van der Waals surface area contributed by atoms with Crippen LogP contribution in [0.15, 0.2) is 54.1 Å². The van der Waals surface area contributed by atoms with Crippen LogP contribution in [0.5, 0.6) is 11.5 Å². The van der Waals surface area contributed by atoms with E-state index in [9.17, 15) is 4.79 Å². The number of carbonyl (C=O) groups is 1. The van der Waals surface area contributed by atoms with Gasteiger partial charge >= 0.3 is 0 Å². The fraction of sp³-hybridized carbons (Fsp3) is 0.211. The molecule has 0 saturated carbocycles. The van der Waals surface area contributed by atoms with Crippen LogP contribution < -0.4 is 9.47 Å². The predicted molar refractivity (Wildman–Crippen MR) is 88.6 cm³/mol. The molecule has 0 aliphatic carbocycles. The predicted octanol–water partition coefficient (Wildman–Crippen LogP) is 4.38. The highest BCUT2D eigenvalue weighted by molar-refractivity contribution is 6.12. The molecule has 3 heteroatoms. The van der Waals surface area contributed by atoms with E-state index in [4.69, 9.17) is 9.47 Å². The van der Waals surface area contributed by atoms with Gasteiger partial charge in [-0.15, -0.1) is 0 Å². The summed E-state index contributed by atoms with van der Waals surface area (Å²) in [7, 11) is 3.20. The van der Waals surface area contributed by atoms with E-state index in [1.165, 1.54) is 0 Å². The number of para-hydroxylation sites is 2. The van der Waals surface area contributed by atoms with E-state index < -0.39 is 0 Å². The lowest BCUT2D eigenvalue weighted by Crippen LogP contribution is -2.05. The molecule has 2 aromatic carbocycles. The van der Waals surface area contributed by atoms with Gasteiger partial charge in [0.1, 0.15) is 11.5 Å². The van der Waals surface area contributed by atoms with E-state index in [0.29, 0.717) is 23.3 Å². The highest BCUT2D eigenvalue weighted by Crippen LogP contribution is 2.26. The lowest BCUT2D eigenvalue weighted by atomic mass is 9.98. The Morgan fingerprint density at radius 2 is 1.55 bits per heavy atom. The van der Waals surface area contributed by atoms with Crippen LogP contribution in [0.4, 0.5) is 0 Å². The molecule has 0 spiro atoms. The van der Waals surface area contributed by atoms with Crippen LogP contribution in [0.1, 0.15) is 29.3 Å². The third-order valence-electron chi connectivity index (χ3n) is 3.49. The largest absolute Gasteiger partial charge is 0.496 e. The van der Waals surface area contributed by atoms with Gasteiger partial charge in [-0.3, -0.25) is 4.79 Å². The van der Waals surface area contributed by atoms with Crippen molar-refractivity contribution in [2.45, 2.75) is 13.3 Å². The SMILES string of the molecule is CCC(=Cc1ccccc1OC)C(=O)c1ccccc1OC. The third-order valence-corrected chi connectivity index (χ3v) is 3.49. The summed E-state index contributed by atoms with van der Waals surface area (Å²) < 4.78 is 10.6. The average molecular weight is 296 g/mol. The van der Waals surface area contributed by atoms with E-state index in [0.717, 1.165) is 11.3 Å². The Labute approximate surface area is 131 Å². The molecule has 0 heterocycles. The lowest BCUT2D eigenvalue weighted by Gasteiger charge is -2.10. The average Bonchev–Trinajstić information content (AvgIpc) is 2.59. The first kappa shape index (κ1) is 15.8. The lowest BCUT2D eigenvalue weighted by molar-refractivity contribution is 0.103. The van der Waals surface area contributed by atoms with Gasteiger partial charge in [0.2, 0.25) is 0 Å². The number of rotatable bonds is 6. The summed E-state index contributed by atoms with van der Waals surface area (Å²) in [5, 5.41) is 0. The number of carbonyl (C=O) groups excluding carboxylic acids is 1. The van der Waals surface area contributed by atoms with Gasteiger partial charge in [0.25, 0.3) is 0 Å². The molecule has 0 unspecified atom stereocenters. The number of methoxy groups -OCH3 is 2. The second-order valence-electron chi connectivity index (χ2n) is 4.79. The molecule has 114 valence electrons. The molecular formula is C19H20O3. The third kappa shape index (κ3) is 3.37. The summed E-state index contributed by atoms with van der Waals surface area (Å²) in [6.45, 7) is 1.97. The van der Waals surface area contributed by atoms with Crippen LogP contribution in [0, 0.1) is 0 Å². The number of Topliss-reactive ketones (excluding diaryl/α,β-unsaturated/α-hetero) is 1. The van der Waals surface area contributed by atoms with E-state index in [2.05, 4.69) is 0 Å². The minimum absolute atomic E-state index is 0.0224. The normalized spacial score (nSPS) is 11.1. The number of hydrogen-bond donors (Lipinski definition) is 0. The molecule has 0 saturated heterocycles. The van der Waals surface area contributed by atoms with Crippen molar-refractivity contribution in [3.63, 3.8) is 0 Å². The fourth-order valence-electron chi connectivity index (χ4n) is 2.31. The fourth-order valence-corrected chi connectivity index (χ4v) is 2.31. The highest BCUT2D eigenvalue weighted by atomic mass is 16.5. The first-order valence-electron chi connectivity index (χ1n) is 7.22. The summed E-state index contributed by atoms with van der Waals surface area (Å²) >= 11 is 0. The molecule has 0 aliphatic rings. The topological polar surface area (TPSA) is 35.5 Å². The summed E-state index contributed by atoms with van der Waals surface area (Å²) in [6.07, 6.45) is 2.52. The maximum atomic E-state index is 12.8. The van der Waals surface area contributed by atoms with Gasteiger partial charge in [-0.05, 0) is 30.7 Å². The minimum atomic E-state index is -0.0224. The summed E-state index contributed by atoms with van der Waals surface area (Å²) in [5.41, 5.74) is 2.19. The molecule has 22 heavy (non-hydrogen) atoms. The summed E-state index contributed by atoms with van der Waals surface area (Å²) in [5.74, 6) is 1.32. The van der Waals surface area contributed by atoms with Crippen molar-refractivity contribution in [3.05, 3.63) is 65.2 Å². The highest BCUT2D eigenvalue weighted by Gasteiger charge is 2.15. The Balaban J connectivity index is 2.43. The van der Waals surface area contributed by atoms with Gasteiger partial charge in [-0.25, -0.2) is 0 Å². The molecule has 0 radical (unpaired) electrons. The van der Waals surface area contributed by atoms with Crippen molar-refractivity contribution < 1.29 is 14.3 Å². The molecule has 0 atom stereocenters. The quantitative estimate of drug-likeness (QED) is 0.586. The van der Waals surface area contributed by atoms with Crippen molar-refractivity contribution in [1.82, 2.24) is 0 Å². The van der Waals surface area contributed by atoms with Gasteiger partial charge < -0.3 is 9.47 Å². The number of benzene rings is 2. The molecule has 0 bridgehead atoms. The molecule has 0 amide bonds. The Bertz CT molecular complexity index is 687. The smallest absolute Gasteiger partial charge is 0.192 e. The first-order chi connectivity index (χ1) is 10.7. The zero-order chi connectivity index (χ0) is 15.9. The van der Waals surface area contributed by atoms with E-state index in [1.54, 1.807) is 26.4 Å². The van der Waals surface area contributed by atoms with Crippen LogP contribution in [0.25, 0.3) is 6.08 Å². The van der Waals surface area contributed by atoms with E-state index >= 15 is 0 Å². The van der Waals surface area contributed by atoms with Crippen molar-refractivity contribution in [3.8, 4) is 11.5 Å². The Morgan fingerprint density at radius 3 is 2.18 bits per heavy atom. The maximum Gasteiger partial charge on any atom is 0.192 e. The molecule has 2 aromatic rings. The molecule has 2 rings (SSSR count). The first-order valence-corrected chi connectivity index (χ1v) is 7.22. The van der Waals surface area contributed by atoms with E-state index in [-0.39, 0.29) is 5.78 Å². The van der Waals surface area contributed by atoms with Crippen molar-refractivity contribution >= 4 is 11.9 Å². The second-order valence-corrected chi connectivity index (χ2v) is 4.79. The number of hydrogen-bond acceptors (Lipinski definition) is 3. The van der Waals surface area contributed by atoms with Crippen LogP contribution in [0.2, 0.25) is 0 Å². The van der Waals surface area contributed by atoms with Crippen molar-refractivity contribution in [1.29, 1.82) is 0 Å². The zero-order valence-corrected chi connectivity index (χ0v) is 13.1. The van der Waals surface area contributed by atoms with Crippen LogP contribution in [0.3, 0.4) is 0 Å². The number of ketones is 1. The molecule has 3 nitrogen and oxygen atoms in total. The number of ether oxygens (including phenoxy) is 2. The molecule has 0 aromatic heterocycles. The van der Waals surface area contributed by atoms with Crippen LogP contribution in [-0.2, 0) is 0 Å².